The van der Waals surface area contributed by atoms with Crippen LogP contribution in [-0.4, -0.2) is 23.5 Å². The third-order valence-electron chi connectivity index (χ3n) is 5.06. The van der Waals surface area contributed by atoms with Crippen molar-refractivity contribution in [3.05, 3.63) is 0 Å². The maximum absolute atomic E-state index is 2.77. The summed E-state index contributed by atoms with van der Waals surface area (Å²) >= 11 is 0. The van der Waals surface area contributed by atoms with Crippen LogP contribution >= 0.6 is 0 Å². The Hall–Kier alpha value is -0.0400. The van der Waals surface area contributed by atoms with E-state index in [-0.39, 0.29) is 0 Å². The standard InChI is InChI=1S/C13H23N/c1-8(2)12-11-10(13(11)5-6-13)7-14(12)9(3)4/h8-12H,5-7H2,1-4H3/t10?,11?,12-/m1/s1. The van der Waals surface area contributed by atoms with Crippen molar-refractivity contribution in [1.29, 1.82) is 0 Å². The van der Waals surface area contributed by atoms with Crippen LogP contribution in [0.1, 0.15) is 40.5 Å². The molecule has 0 aromatic rings. The number of rotatable bonds is 2. The molecule has 3 atom stereocenters. The molecule has 2 aliphatic carbocycles. The summed E-state index contributed by atoms with van der Waals surface area (Å²) in [5, 5.41) is 0. The molecular weight excluding hydrogens is 170 g/mol. The van der Waals surface area contributed by atoms with Crippen LogP contribution in [0.5, 0.6) is 0 Å². The quantitative estimate of drug-likeness (QED) is 0.652. The van der Waals surface area contributed by atoms with Gasteiger partial charge in [-0.2, -0.15) is 0 Å². The Morgan fingerprint density at radius 3 is 2.21 bits per heavy atom. The monoisotopic (exact) mass is 193 g/mol. The summed E-state index contributed by atoms with van der Waals surface area (Å²) in [6, 6.07) is 1.66. The second-order valence-electron chi connectivity index (χ2n) is 6.39. The first-order valence-corrected chi connectivity index (χ1v) is 6.33. The molecule has 1 nitrogen and oxygen atoms in total. The van der Waals surface area contributed by atoms with Crippen LogP contribution in [0.2, 0.25) is 0 Å². The van der Waals surface area contributed by atoms with Crippen LogP contribution in [0, 0.1) is 23.2 Å². The lowest BCUT2D eigenvalue weighted by molar-refractivity contribution is 0.122. The molecule has 80 valence electrons. The molecule has 1 heteroatoms. The minimum absolute atomic E-state index is 0.756. The van der Waals surface area contributed by atoms with Crippen molar-refractivity contribution in [2.24, 2.45) is 23.2 Å². The lowest BCUT2D eigenvalue weighted by Crippen LogP contribution is -2.42. The molecule has 0 N–H and O–H groups in total. The average molecular weight is 193 g/mol. The predicted molar refractivity (Wildman–Crippen MR) is 59.1 cm³/mol. The van der Waals surface area contributed by atoms with E-state index in [1.807, 2.05) is 0 Å². The SMILES string of the molecule is CC(C)[C@@H]1C2C(CN1C(C)C)C21CC1. The average Bonchev–Trinajstić information content (AvgIpc) is 2.94. The topological polar surface area (TPSA) is 3.24 Å². The summed E-state index contributed by atoms with van der Waals surface area (Å²) < 4.78 is 0. The van der Waals surface area contributed by atoms with Gasteiger partial charge in [0, 0.05) is 18.6 Å². The zero-order valence-corrected chi connectivity index (χ0v) is 9.96. The maximum atomic E-state index is 2.77. The van der Waals surface area contributed by atoms with E-state index in [1.165, 1.54) is 6.54 Å². The van der Waals surface area contributed by atoms with Crippen LogP contribution in [0.25, 0.3) is 0 Å². The highest BCUT2D eigenvalue weighted by Gasteiger charge is 2.77. The van der Waals surface area contributed by atoms with Gasteiger partial charge in [0.25, 0.3) is 0 Å². The minimum atomic E-state index is 0.756. The molecule has 14 heavy (non-hydrogen) atoms. The van der Waals surface area contributed by atoms with Crippen molar-refractivity contribution < 1.29 is 0 Å². The lowest BCUT2D eigenvalue weighted by Gasteiger charge is -2.35. The van der Waals surface area contributed by atoms with Crippen LogP contribution in [0.15, 0.2) is 0 Å². The molecule has 0 bridgehead atoms. The molecule has 3 rings (SSSR count). The largest absolute Gasteiger partial charge is 0.297 e. The molecule has 2 saturated carbocycles. The lowest BCUT2D eigenvalue weighted by atomic mass is 9.96. The zero-order chi connectivity index (χ0) is 10.1. The van der Waals surface area contributed by atoms with E-state index in [2.05, 4.69) is 32.6 Å². The van der Waals surface area contributed by atoms with Gasteiger partial charge in [-0.25, -0.2) is 0 Å². The molecule has 1 spiro atoms. The Bertz CT molecular complexity index is 250. The highest BCUT2D eigenvalue weighted by atomic mass is 15.3. The second kappa shape index (κ2) is 2.55. The maximum Gasteiger partial charge on any atom is 0.0158 e. The van der Waals surface area contributed by atoms with Crippen LogP contribution in [-0.2, 0) is 0 Å². The van der Waals surface area contributed by atoms with Gasteiger partial charge in [0.15, 0.2) is 0 Å². The molecule has 0 aromatic carbocycles. The van der Waals surface area contributed by atoms with Gasteiger partial charge in [-0.15, -0.1) is 0 Å². The number of hydrogen-bond donors (Lipinski definition) is 0. The van der Waals surface area contributed by atoms with E-state index >= 15 is 0 Å². The number of nitrogens with zero attached hydrogens (tertiary/aromatic N) is 1. The van der Waals surface area contributed by atoms with Crippen molar-refractivity contribution >= 4 is 0 Å². The smallest absolute Gasteiger partial charge is 0.0158 e. The van der Waals surface area contributed by atoms with Crippen molar-refractivity contribution in [3.8, 4) is 0 Å². The van der Waals surface area contributed by atoms with Crippen molar-refractivity contribution in [3.63, 3.8) is 0 Å². The third-order valence-corrected chi connectivity index (χ3v) is 5.06. The van der Waals surface area contributed by atoms with Crippen LogP contribution in [0.3, 0.4) is 0 Å². The summed E-state index contributed by atoms with van der Waals surface area (Å²) in [5.41, 5.74) is 0.889. The second-order valence-corrected chi connectivity index (χ2v) is 6.39. The molecule has 1 heterocycles. The van der Waals surface area contributed by atoms with Gasteiger partial charge in [-0.3, -0.25) is 4.90 Å². The Labute approximate surface area is 87.9 Å². The van der Waals surface area contributed by atoms with E-state index < -0.39 is 0 Å². The highest BCUT2D eigenvalue weighted by Crippen LogP contribution is 2.79. The predicted octanol–water partition coefficient (Wildman–Crippen LogP) is 2.76. The van der Waals surface area contributed by atoms with Gasteiger partial charge in [0.1, 0.15) is 0 Å². The first-order valence-electron chi connectivity index (χ1n) is 6.33. The zero-order valence-electron chi connectivity index (χ0n) is 9.96. The Morgan fingerprint density at radius 2 is 1.79 bits per heavy atom. The fraction of sp³-hybridized carbons (Fsp3) is 1.00. The summed E-state index contributed by atoms with van der Waals surface area (Å²) in [4.78, 5) is 2.77. The Morgan fingerprint density at radius 1 is 1.14 bits per heavy atom. The van der Waals surface area contributed by atoms with Gasteiger partial charge < -0.3 is 0 Å². The summed E-state index contributed by atoms with van der Waals surface area (Å²) in [7, 11) is 0. The first kappa shape index (κ1) is 9.21. The molecule has 1 aliphatic heterocycles. The molecular formula is C13H23N. The number of fused-ring (bicyclic) bond motifs is 3. The number of likely N-dealkylation sites (tertiary alicyclic amines) is 1. The molecule has 3 aliphatic rings. The van der Waals surface area contributed by atoms with Crippen molar-refractivity contribution in [1.82, 2.24) is 4.90 Å². The number of piperidine rings is 1. The van der Waals surface area contributed by atoms with E-state index in [9.17, 15) is 0 Å². The van der Waals surface area contributed by atoms with E-state index in [4.69, 9.17) is 0 Å². The molecule has 2 unspecified atom stereocenters. The molecule has 0 radical (unpaired) electrons. The summed E-state index contributed by atoms with van der Waals surface area (Å²) in [5.74, 6) is 3.04. The van der Waals surface area contributed by atoms with Gasteiger partial charge in [-0.05, 0) is 49.9 Å². The normalized spacial score (nSPS) is 43.7. The van der Waals surface area contributed by atoms with E-state index in [0.29, 0.717) is 0 Å². The number of hydrogen-bond acceptors (Lipinski definition) is 1. The first-order chi connectivity index (χ1) is 6.58. The molecule has 1 saturated heterocycles. The van der Waals surface area contributed by atoms with E-state index in [1.54, 1.807) is 12.8 Å². The molecule has 0 aromatic heterocycles. The van der Waals surface area contributed by atoms with Gasteiger partial charge in [-0.1, -0.05) is 13.8 Å². The van der Waals surface area contributed by atoms with Gasteiger partial charge in [0.2, 0.25) is 0 Å². The Balaban J connectivity index is 1.80. The van der Waals surface area contributed by atoms with Crippen molar-refractivity contribution in [2.45, 2.75) is 52.6 Å². The van der Waals surface area contributed by atoms with Crippen molar-refractivity contribution in [2.75, 3.05) is 6.54 Å². The van der Waals surface area contributed by atoms with Gasteiger partial charge >= 0.3 is 0 Å². The van der Waals surface area contributed by atoms with Gasteiger partial charge in [0.05, 0.1) is 0 Å². The van der Waals surface area contributed by atoms with Crippen LogP contribution in [0.4, 0.5) is 0 Å². The minimum Gasteiger partial charge on any atom is -0.297 e. The summed E-state index contributed by atoms with van der Waals surface area (Å²) in [6.45, 7) is 11.0. The Kier molecular flexibility index (Phi) is 1.68. The fourth-order valence-corrected chi connectivity index (χ4v) is 4.24. The highest BCUT2D eigenvalue weighted by molar-refractivity contribution is 5.27. The molecule has 3 fully saturated rings. The van der Waals surface area contributed by atoms with Crippen LogP contribution < -0.4 is 0 Å². The molecule has 0 amide bonds. The third kappa shape index (κ3) is 0.946. The van der Waals surface area contributed by atoms with E-state index in [0.717, 1.165) is 35.3 Å². The fourth-order valence-electron chi connectivity index (χ4n) is 4.24. The summed E-state index contributed by atoms with van der Waals surface area (Å²) in [6.07, 6.45) is 3.11.